The van der Waals surface area contributed by atoms with Crippen LogP contribution < -0.4 is 10.0 Å². The Hall–Kier alpha value is -0.540. The van der Waals surface area contributed by atoms with Gasteiger partial charge in [0.05, 0.1) is 15.5 Å². The second kappa shape index (κ2) is 7.35. The Kier molecular flexibility index (Phi) is 6.52. The maximum atomic E-state index is 12.7. The molecule has 10 heteroatoms. The monoisotopic (exact) mass is 378 g/mol. The minimum absolute atomic E-state index is 0. The van der Waals surface area contributed by atoms with E-state index in [4.69, 9.17) is 11.6 Å². The summed E-state index contributed by atoms with van der Waals surface area (Å²) in [5, 5.41) is 2.56. The van der Waals surface area contributed by atoms with Crippen LogP contribution in [0.3, 0.4) is 0 Å². The molecule has 1 atom stereocenters. The van der Waals surface area contributed by atoms with E-state index in [1.165, 1.54) is 0 Å². The van der Waals surface area contributed by atoms with Crippen LogP contribution in [0.25, 0.3) is 0 Å². The van der Waals surface area contributed by atoms with Gasteiger partial charge in [-0.15, -0.1) is 12.4 Å². The van der Waals surface area contributed by atoms with Crippen LogP contribution in [0.15, 0.2) is 23.1 Å². The summed E-state index contributed by atoms with van der Waals surface area (Å²) in [6, 6.07) is 2.56. The van der Waals surface area contributed by atoms with Crippen molar-refractivity contribution in [3.8, 4) is 0 Å². The van der Waals surface area contributed by atoms with Crippen LogP contribution in [-0.2, 0) is 16.2 Å². The van der Waals surface area contributed by atoms with E-state index in [0.29, 0.717) is 12.6 Å². The van der Waals surface area contributed by atoms with Gasteiger partial charge in [-0.2, -0.15) is 13.2 Å². The highest BCUT2D eigenvalue weighted by molar-refractivity contribution is 7.89. The molecule has 4 nitrogen and oxygen atoms in total. The molecule has 1 heterocycles. The average Bonchev–Trinajstić information content (AvgIpc) is 2.88. The summed E-state index contributed by atoms with van der Waals surface area (Å²) in [4.78, 5) is -0.440. The lowest BCUT2D eigenvalue weighted by molar-refractivity contribution is -0.137. The van der Waals surface area contributed by atoms with Crippen LogP contribution in [0.4, 0.5) is 13.2 Å². The average molecular weight is 379 g/mol. The molecule has 1 fully saturated rings. The molecule has 0 saturated carbocycles. The maximum Gasteiger partial charge on any atom is 0.417 e. The Labute approximate surface area is 137 Å². The van der Waals surface area contributed by atoms with Gasteiger partial charge in [0.1, 0.15) is 0 Å². The molecule has 0 amide bonds. The minimum atomic E-state index is -4.70. The SMILES string of the molecule is Cl.O=S(=O)(NCC1CCNC1)c1ccc(Cl)c(C(F)(F)F)c1. The van der Waals surface area contributed by atoms with Crippen molar-refractivity contribution in [1.82, 2.24) is 10.0 Å². The first kappa shape index (κ1) is 19.5. The van der Waals surface area contributed by atoms with Crippen molar-refractivity contribution in [2.24, 2.45) is 5.92 Å². The first-order valence-corrected chi connectivity index (χ1v) is 8.13. The molecule has 0 aromatic heterocycles. The topological polar surface area (TPSA) is 58.2 Å². The molecule has 1 unspecified atom stereocenters. The Morgan fingerprint density at radius 3 is 2.59 bits per heavy atom. The summed E-state index contributed by atoms with van der Waals surface area (Å²) in [6.45, 7) is 1.70. The number of benzene rings is 1. The van der Waals surface area contributed by atoms with Crippen LogP contribution in [0.5, 0.6) is 0 Å². The first-order chi connectivity index (χ1) is 9.70. The highest BCUT2D eigenvalue weighted by Crippen LogP contribution is 2.35. The molecule has 0 radical (unpaired) electrons. The van der Waals surface area contributed by atoms with Crippen molar-refractivity contribution >= 4 is 34.0 Å². The van der Waals surface area contributed by atoms with Crippen molar-refractivity contribution in [2.45, 2.75) is 17.5 Å². The zero-order valence-electron chi connectivity index (χ0n) is 11.3. The Morgan fingerprint density at radius 1 is 1.36 bits per heavy atom. The molecule has 0 bridgehead atoms. The zero-order valence-corrected chi connectivity index (χ0v) is 13.7. The van der Waals surface area contributed by atoms with E-state index in [1.807, 2.05) is 0 Å². The molecule has 1 aliphatic rings. The number of halogens is 5. The van der Waals surface area contributed by atoms with Gasteiger partial charge in [0.2, 0.25) is 10.0 Å². The Morgan fingerprint density at radius 2 is 2.05 bits per heavy atom. The van der Waals surface area contributed by atoms with Gasteiger partial charge in [-0.3, -0.25) is 0 Å². The highest BCUT2D eigenvalue weighted by Gasteiger charge is 2.34. The summed E-state index contributed by atoms with van der Waals surface area (Å²) in [5.41, 5.74) is -1.16. The molecule has 2 N–H and O–H groups in total. The second-order valence-electron chi connectivity index (χ2n) is 4.85. The van der Waals surface area contributed by atoms with Gasteiger partial charge < -0.3 is 5.32 Å². The summed E-state index contributed by atoms with van der Waals surface area (Å²) in [6.07, 6.45) is -3.87. The molecule has 1 saturated heterocycles. The third-order valence-electron chi connectivity index (χ3n) is 3.28. The van der Waals surface area contributed by atoms with Crippen molar-refractivity contribution in [1.29, 1.82) is 0 Å². The van der Waals surface area contributed by atoms with E-state index < -0.39 is 31.7 Å². The molecular weight excluding hydrogens is 364 g/mol. The fourth-order valence-electron chi connectivity index (χ4n) is 2.09. The standard InChI is InChI=1S/C12H14ClF3N2O2S.ClH/c13-11-2-1-9(5-10(11)12(14,15)16)21(19,20)18-7-8-3-4-17-6-8;/h1-2,5,8,17-18H,3-4,6-7H2;1H. The van der Waals surface area contributed by atoms with Crippen LogP contribution in [-0.4, -0.2) is 28.1 Å². The molecule has 1 aromatic carbocycles. The second-order valence-corrected chi connectivity index (χ2v) is 7.02. The third-order valence-corrected chi connectivity index (χ3v) is 5.03. The van der Waals surface area contributed by atoms with Crippen LogP contribution >= 0.6 is 24.0 Å². The van der Waals surface area contributed by atoms with E-state index in [-0.39, 0.29) is 24.9 Å². The number of sulfonamides is 1. The van der Waals surface area contributed by atoms with E-state index in [1.54, 1.807) is 0 Å². The number of alkyl halides is 3. The minimum Gasteiger partial charge on any atom is -0.316 e. The molecule has 22 heavy (non-hydrogen) atoms. The fraction of sp³-hybridized carbons (Fsp3) is 0.500. The molecule has 126 valence electrons. The van der Waals surface area contributed by atoms with E-state index in [2.05, 4.69) is 10.0 Å². The number of nitrogens with one attached hydrogen (secondary N) is 2. The molecule has 0 spiro atoms. The smallest absolute Gasteiger partial charge is 0.316 e. The van der Waals surface area contributed by atoms with E-state index in [0.717, 1.165) is 25.1 Å². The number of hydrogen-bond acceptors (Lipinski definition) is 3. The van der Waals surface area contributed by atoms with Gasteiger partial charge in [-0.05, 0) is 43.6 Å². The lowest BCUT2D eigenvalue weighted by Crippen LogP contribution is -2.30. The predicted octanol–water partition coefficient (Wildman–Crippen LogP) is 2.67. The molecular formula is C12H15Cl2F3N2O2S. The van der Waals surface area contributed by atoms with Crippen LogP contribution in [0.1, 0.15) is 12.0 Å². The predicted molar refractivity (Wildman–Crippen MR) is 79.9 cm³/mol. The van der Waals surface area contributed by atoms with Crippen molar-refractivity contribution in [3.05, 3.63) is 28.8 Å². The van der Waals surface area contributed by atoms with E-state index >= 15 is 0 Å². The number of hydrogen-bond donors (Lipinski definition) is 2. The molecule has 2 rings (SSSR count). The van der Waals surface area contributed by atoms with Gasteiger partial charge in [0, 0.05) is 6.54 Å². The summed E-state index contributed by atoms with van der Waals surface area (Å²) in [5.74, 6) is 0.147. The van der Waals surface area contributed by atoms with E-state index in [9.17, 15) is 21.6 Å². The van der Waals surface area contributed by atoms with Gasteiger partial charge in [0.15, 0.2) is 0 Å². The molecule has 1 aromatic rings. The van der Waals surface area contributed by atoms with Crippen molar-refractivity contribution < 1.29 is 21.6 Å². The van der Waals surface area contributed by atoms with Crippen LogP contribution in [0.2, 0.25) is 5.02 Å². The first-order valence-electron chi connectivity index (χ1n) is 6.27. The highest BCUT2D eigenvalue weighted by atomic mass is 35.5. The molecule has 1 aliphatic heterocycles. The molecule has 0 aliphatic carbocycles. The summed E-state index contributed by atoms with van der Waals surface area (Å²) in [7, 11) is -3.98. The van der Waals surface area contributed by atoms with Gasteiger partial charge in [-0.1, -0.05) is 11.6 Å². The summed E-state index contributed by atoms with van der Waals surface area (Å²) >= 11 is 5.47. The lowest BCUT2D eigenvalue weighted by atomic mass is 10.1. The van der Waals surface area contributed by atoms with Crippen molar-refractivity contribution in [3.63, 3.8) is 0 Å². The van der Waals surface area contributed by atoms with Gasteiger partial charge in [-0.25, -0.2) is 13.1 Å². The fourth-order valence-corrected chi connectivity index (χ4v) is 3.46. The van der Waals surface area contributed by atoms with Gasteiger partial charge in [0.25, 0.3) is 0 Å². The van der Waals surface area contributed by atoms with Gasteiger partial charge >= 0.3 is 6.18 Å². The number of rotatable bonds is 4. The summed E-state index contributed by atoms with van der Waals surface area (Å²) < 4.78 is 64.6. The van der Waals surface area contributed by atoms with Crippen molar-refractivity contribution in [2.75, 3.05) is 19.6 Å². The zero-order chi connectivity index (χ0) is 15.7. The third kappa shape index (κ3) is 4.73. The maximum absolute atomic E-state index is 12.7. The largest absolute Gasteiger partial charge is 0.417 e. The Bertz CT molecular complexity index is 617. The normalized spacial score (nSPS) is 19.0. The quantitative estimate of drug-likeness (QED) is 0.846. The Balaban J connectivity index is 0.00000242. The lowest BCUT2D eigenvalue weighted by Gasteiger charge is -2.13. The van der Waals surface area contributed by atoms with Crippen LogP contribution in [0, 0.1) is 5.92 Å².